The molecule has 2 unspecified atom stereocenters. The first-order chi connectivity index (χ1) is 12.8. The minimum Gasteiger partial charge on any atom is -0.303 e. The number of hydrogen-bond donors (Lipinski definition) is 0. The van der Waals surface area contributed by atoms with Gasteiger partial charge in [0.1, 0.15) is 6.29 Å². The van der Waals surface area contributed by atoms with Crippen LogP contribution in [-0.2, 0) is 4.79 Å². The van der Waals surface area contributed by atoms with Crippen LogP contribution in [0.4, 0.5) is 0 Å². The van der Waals surface area contributed by atoms with E-state index in [4.69, 9.17) is 0 Å². The van der Waals surface area contributed by atoms with Crippen molar-refractivity contribution in [3.63, 3.8) is 0 Å². The second-order valence-electron chi connectivity index (χ2n) is 6.27. The molecule has 0 aliphatic rings. The number of rotatable bonds is 7. The number of carbonyl (C=O) groups is 2. The Hall–Kier alpha value is -3.07. The minimum absolute atomic E-state index is 0.137. The lowest BCUT2D eigenvalue weighted by Crippen LogP contribution is -2.16. The summed E-state index contributed by atoms with van der Waals surface area (Å²) in [4.78, 5) is 27.7. The highest BCUT2D eigenvalue weighted by molar-refractivity contribution is 5.88. The summed E-state index contributed by atoms with van der Waals surface area (Å²) in [5, 5.41) is 0. The van der Waals surface area contributed by atoms with Crippen molar-refractivity contribution in [1.29, 1.82) is 0 Å². The molecule has 3 nitrogen and oxygen atoms in total. The van der Waals surface area contributed by atoms with Gasteiger partial charge < -0.3 is 4.79 Å². The van der Waals surface area contributed by atoms with Crippen LogP contribution in [0.3, 0.4) is 0 Å². The zero-order valence-corrected chi connectivity index (χ0v) is 14.7. The summed E-state index contributed by atoms with van der Waals surface area (Å²) in [6.45, 7) is 2.01. The Balaban J connectivity index is 2.16. The highest BCUT2D eigenvalue weighted by Gasteiger charge is 2.25. The molecule has 1 heterocycles. The number of aldehydes is 2. The summed E-state index contributed by atoms with van der Waals surface area (Å²) >= 11 is 0. The van der Waals surface area contributed by atoms with Gasteiger partial charge in [0.2, 0.25) is 0 Å². The van der Waals surface area contributed by atoms with E-state index < -0.39 is 0 Å². The van der Waals surface area contributed by atoms with E-state index in [9.17, 15) is 9.59 Å². The van der Waals surface area contributed by atoms with Gasteiger partial charge in [0, 0.05) is 29.3 Å². The minimum atomic E-state index is -0.171. The molecule has 0 amide bonds. The Morgan fingerprint density at radius 3 is 2.35 bits per heavy atom. The van der Waals surface area contributed by atoms with Gasteiger partial charge in [0.05, 0.1) is 0 Å². The fourth-order valence-corrected chi connectivity index (χ4v) is 3.35. The number of benzene rings is 2. The molecular weight excluding hydrogens is 322 g/mol. The summed E-state index contributed by atoms with van der Waals surface area (Å²) in [7, 11) is 0. The molecule has 130 valence electrons. The SMILES string of the molecule is CCC(C=O)C(c1ccc(C=O)c(-c2ccccc2)c1)c1ccccn1. The third kappa shape index (κ3) is 3.62. The van der Waals surface area contributed by atoms with E-state index in [0.29, 0.717) is 5.56 Å². The van der Waals surface area contributed by atoms with Crippen molar-refractivity contribution in [2.45, 2.75) is 19.3 Å². The van der Waals surface area contributed by atoms with Crippen LogP contribution in [0.15, 0.2) is 72.9 Å². The predicted molar refractivity (Wildman–Crippen MR) is 103 cm³/mol. The molecule has 0 aliphatic heterocycles. The van der Waals surface area contributed by atoms with E-state index in [2.05, 4.69) is 4.98 Å². The van der Waals surface area contributed by atoms with Crippen LogP contribution in [0, 0.1) is 5.92 Å². The van der Waals surface area contributed by atoms with Crippen molar-refractivity contribution in [1.82, 2.24) is 4.98 Å². The van der Waals surface area contributed by atoms with Gasteiger partial charge in [-0.15, -0.1) is 0 Å². The molecule has 0 spiro atoms. The van der Waals surface area contributed by atoms with Gasteiger partial charge in [-0.1, -0.05) is 55.5 Å². The average Bonchev–Trinajstić information content (AvgIpc) is 2.72. The maximum atomic E-state index is 11.7. The fourth-order valence-electron chi connectivity index (χ4n) is 3.35. The van der Waals surface area contributed by atoms with Crippen LogP contribution >= 0.6 is 0 Å². The Labute approximate surface area is 153 Å². The average molecular weight is 343 g/mol. The second kappa shape index (κ2) is 8.34. The second-order valence-corrected chi connectivity index (χ2v) is 6.27. The first-order valence-corrected chi connectivity index (χ1v) is 8.79. The highest BCUT2D eigenvalue weighted by atomic mass is 16.1. The maximum absolute atomic E-state index is 11.7. The summed E-state index contributed by atoms with van der Waals surface area (Å²) in [5.74, 6) is -0.308. The molecule has 0 radical (unpaired) electrons. The summed E-state index contributed by atoms with van der Waals surface area (Å²) in [5.41, 5.74) is 4.35. The van der Waals surface area contributed by atoms with Crippen molar-refractivity contribution in [2.24, 2.45) is 5.92 Å². The predicted octanol–water partition coefficient (Wildman–Crippen LogP) is 4.92. The molecular formula is C23H21NO2. The van der Waals surface area contributed by atoms with Crippen molar-refractivity contribution in [3.05, 3.63) is 89.7 Å². The lowest BCUT2D eigenvalue weighted by molar-refractivity contribution is -0.111. The maximum Gasteiger partial charge on any atom is 0.150 e. The Morgan fingerprint density at radius 2 is 1.73 bits per heavy atom. The fraction of sp³-hybridized carbons (Fsp3) is 0.174. The van der Waals surface area contributed by atoms with Crippen molar-refractivity contribution < 1.29 is 9.59 Å². The van der Waals surface area contributed by atoms with Crippen LogP contribution in [-0.4, -0.2) is 17.6 Å². The van der Waals surface area contributed by atoms with Crippen LogP contribution < -0.4 is 0 Å². The summed E-state index contributed by atoms with van der Waals surface area (Å²) < 4.78 is 0. The number of aromatic nitrogens is 1. The van der Waals surface area contributed by atoms with E-state index in [0.717, 1.165) is 41.4 Å². The Morgan fingerprint density at radius 1 is 0.962 bits per heavy atom. The van der Waals surface area contributed by atoms with E-state index in [1.54, 1.807) is 6.20 Å². The Bertz CT molecular complexity index is 875. The van der Waals surface area contributed by atoms with E-state index in [-0.39, 0.29) is 11.8 Å². The summed E-state index contributed by atoms with van der Waals surface area (Å²) in [6.07, 6.45) is 4.35. The van der Waals surface area contributed by atoms with Crippen molar-refractivity contribution in [3.8, 4) is 11.1 Å². The van der Waals surface area contributed by atoms with Gasteiger partial charge in [-0.3, -0.25) is 9.78 Å². The van der Waals surface area contributed by atoms with Gasteiger partial charge in [-0.05, 0) is 41.3 Å². The molecule has 3 rings (SSSR count). The zero-order chi connectivity index (χ0) is 18.4. The molecule has 2 atom stereocenters. The van der Waals surface area contributed by atoms with Crippen LogP contribution in [0.2, 0.25) is 0 Å². The van der Waals surface area contributed by atoms with E-state index >= 15 is 0 Å². The smallest absolute Gasteiger partial charge is 0.150 e. The van der Waals surface area contributed by atoms with Gasteiger partial charge >= 0.3 is 0 Å². The van der Waals surface area contributed by atoms with Gasteiger partial charge in [-0.2, -0.15) is 0 Å². The van der Waals surface area contributed by atoms with Gasteiger partial charge in [0.25, 0.3) is 0 Å². The molecule has 0 saturated carbocycles. The van der Waals surface area contributed by atoms with Crippen LogP contribution in [0.5, 0.6) is 0 Å². The molecule has 0 aliphatic carbocycles. The molecule has 26 heavy (non-hydrogen) atoms. The first kappa shape index (κ1) is 17.7. The quantitative estimate of drug-likeness (QED) is 0.572. The molecule has 3 heteroatoms. The molecule has 2 aromatic carbocycles. The number of carbonyl (C=O) groups excluding carboxylic acids is 2. The van der Waals surface area contributed by atoms with Crippen LogP contribution in [0.25, 0.3) is 11.1 Å². The van der Waals surface area contributed by atoms with Gasteiger partial charge in [0.15, 0.2) is 6.29 Å². The molecule has 0 fully saturated rings. The number of pyridine rings is 1. The van der Waals surface area contributed by atoms with E-state index in [1.165, 1.54) is 0 Å². The monoisotopic (exact) mass is 343 g/mol. The highest BCUT2D eigenvalue weighted by Crippen LogP contribution is 2.35. The van der Waals surface area contributed by atoms with E-state index in [1.807, 2.05) is 73.7 Å². The lowest BCUT2D eigenvalue weighted by atomic mass is 9.81. The summed E-state index contributed by atoms with van der Waals surface area (Å²) in [6, 6.07) is 21.4. The van der Waals surface area contributed by atoms with Gasteiger partial charge in [-0.25, -0.2) is 0 Å². The zero-order valence-electron chi connectivity index (χ0n) is 14.7. The van der Waals surface area contributed by atoms with Crippen molar-refractivity contribution >= 4 is 12.6 Å². The first-order valence-electron chi connectivity index (χ1n) is 8.79. The number of hydrogen-bond acceptors (Lipinski definition) is 3. The lowest BCUT2D eigenvalue weighted by Gasteiger charge is -2.23. The van der Waals surface area contributed by atoms with Crippen LogP contribution in [0.1, 0.15) is 40.9 Å². The third-order valence-electron chi connectivity index (χ3n) is 4.73. The number of nitrogens with zero attached hydrogens (tertiary/aromatic N) is 1. The molecule has 0 N–H and O–H groups in total. The molecule has 0 bridgehead atoms. The molecule has 3 aromatic rings. The topological polar surface area (TPSA) is 47.0 Å². The largest absolute Gasteiger partial charge is 0.303 e. The molecule has 1 aromatic heterocycles. The Kier molecular flexibility index (Phi) is 5.69. The molecule has 0 saturated heterocycles. The normalized spacial score (nSPS) is 13.0. The third-order valence-corrected chi connectivity index (χ3v) is 4.73. The standard InChI is InChI=1S/C23H21NO2/c1-2-17(15-25)23(22-10-6-7-13-24-22)19-11-12-20(16-26)21(14-19)18-8-4-3-5-9-18/h3-17,23H,2H2,1H3. The van der Waals surface area contributed by atoms with Crippen molar-refractivity contribution in [2.75, 3.05) is 0 Å².